The van der Waals surface area contributed by atoms with Crippen LogP contribution in [-0.4, -0.2) is 4.98 Å². The van der Waals surface area contributed by atoms with Gasteiger partial charge in [0.15, 0.2) is 0 Å². The molecule has 0 fully saturated rings. The lowest BCUT2D eigenvalue weighted by atomic mass is 10.2. The Morgan fingerprint density at radius 3 is 2.92 bits per heavy atom. The summed E-state index contributed by atoms with van der Waals surface area (Å²) < 4.78 is 0.530. The van der Waals surface area contributed by atoms with Crippen LogP contribution < -0.4 is 5.43 Å². The maximum atomic E-state index is 11.5. The summed E-state index contributed by atoms with van der Waals surface area (Å²) in [6, 6.07) is 5.14. The van der Waals surface area contributed by atoms with E-state index < -0.39 is 0 Å². The van der Waals surface area contributed by atoms with Crippen LogP contribution in [0.5, 0.6) is 0 Å². The van der Waals surface area contributed by atoms with E-state index in [1.54, 1.807) is 24.4 Å². The van der Waals surface area contributed by atoms with Crippen molar-refractivity contribution in [2.24, 2.45) is 0 Å². The Balaban J connectivity index is 2.95. The first-order valence-electron chi connectivity index (χ1n) is 3.65. The van der Waals surface area contributed by atoms with E-state index in [0.29, 0.717) is 14.9 Å². The smallest absolute Gasteiger partial charge is 0.203 e. The SMILES string of the molecule is O=c1c(Br)c[nH]c2cc(Cl)ccc12. The maximum absolute atomic E-state index is 11.5. The molecule has 0 aliphatic rings. The van der Waals surface area contributed by atoms with Crippen molar-refractivity contribution in [2.75, 3.05) is 0 Å². The lowest BCUT2D eigenvalue weighted by molar-refractivity contribution is 1.36. The summed E-state index contributed by atoms with van der Waals surface area (Å²) in [5.41, 5.74) is 0.728. The summed E-state index contributed by atoms with van der Waals surface area (Å²) in [4.78, 5) is 14.5. The summed E-state index contributed by atoms with van der Waals surface area (Å²) in [6.07, 6.45) is 1.61. The van der Waals surface area contributed by atoms with E-state index in [0.717, 1.165) is 5.52 Å². The number of aromatic amines is 1. The summed E-state index contributed by atoms with van der Waals surface area (Å²) in [6.45, 7) is 0. The lowest BCUT2D eigenvalue weighted by Crippen LogP contribution is -2.02. The van der Waals surface area contributed by atoms with E-state index in [2.05, 4.69) is 20.9 Å². The van der Waals surface area contributed by atoms with Crippen molar-refractivity contribution < 1.29 is 0 Å². The molecule has 1 heterocycles. The quantitative estimate of drug-likeness (QED) is 0.774. The molecule has 0 aliphatic heterocycles. The topological polar surface area (TPSA) is 32.9 Å². The number of fused-ring (bicyclic) bond motifs is 1. The molecule has 0 aliphatic carbocycles. The van der Waals surface area contributed by atoms with Gasteiger partial charge in [0, 0.05) is 16.6 Å². The van der Waals surface area contributed by atoms with E-state index >= 15 is 0 Å². The van der Waals surface area contributed by atoms with Crippen molar-refractivity contribution in [3.63, 3.8) is 0 Å². The lowest BCUT2D eigenvalue weighted by Gasteiger charge is -1.98. The second-order valence-electron chi connectivity index (χ2n) is 2.66. The van der Waals surface area contributed by atoms with Crippen molar-refractivity contribution >= 4 is 38.4 Å². The van der Waals surface area contributed by atoms with Crippen molar-refractivity contribution in [2.45, 2.75) is 0 Å². The zero-order valence-corrected chi connectivity index (χ0v) is 8.82. The minimum atomic E-state index is -0.0228. The van der Waals surface area contributed by atoms with Crippen LogP contribution in [-0.2, 0) is 0 Å². The predicted molar refractivity (Wildman–Crippen MR) is 57.3 cm³/mol. The Bertz CT molecular complexity index is 520. The molecule has 1 aromatic heterocycles. The first-order valence-corrected chi connectivity index (χ1v) is 4.82. The third-order valence-corrected chi connectivity index (χ3v) is 2.62. The monoisotopic (exact) mass is 257 g/mol. The number of pyridine rings is 1. The highest BCUT2D eigenvalue weighted by atomic mass is 79.9. The van der Waals surface area contributed by atoms with E-state index in [4.69, 9.17) is 11.6 Å². The molecule has 2 aromatic rings. The Labute approximate surface area is 87.7 Å². The molecule has 0 saturated heterocycles. The van der Waals surface area contributed by atoms with E-state index in [-0.39, 0.29) is 5.43 Å². The molecule has 0 amide bonds. The summed E-state index contributed by atoms with van der Waals surface area (Å²) in [7, 11) is 0. The third kappa shape index (κ3) is 1.49. The zero-order chi connectivity index (χ0) is 9.42. The Kier molecular flexibility index (Phi) is 2.14. The molecule has 0 bridgehead atoms. The van der Waals surface area contributed by atoms with Crippen molar-refractivity contribution in [1.82, 2.24) is 4.98 Å². The molecule has 66 valence electrons. The summed E-state index contributed by atoms with van der Waals surface area (Å²) in [5.74, 6) is 0. The fourth-order valence-corrected chi connectivity index (χ4v) is 1.67. The van der Waals surface area contributed by atoms with E-state index in [9.17, 15) is 4.79 Å². The minimum absolute atomic E-state index is 0.0228. The highest BCUT2D eigenvalue weighted by molar-refractivity contribution is 9.10. The molecule has 0 unspecified atom stereocenters. The van der Waals surface area contributed by atoms with Crippen LogP contribution in [0.25, 0.3) is 10.9 Å². The molecule has 0 saturated carbocycles. The van der Waals surface area contributed by atoms with Crippen LogP contribution in [0.1, 0.15) is 0 Å². The van der Waals surface area contributed by atoms with Gasteiger partial charge in [-0.2, -0.15) is 0 Å². The first-order chi connectivity index (χ1) is 6.18. The number of halogens is 2. The second-order valence-corrected chi connectivity index (χ2v) is 3.95. The van der Waals surface area contributed by atoms with Gasteiger partial charge in [0.25, 0.3) is 0 Å². The van der Waals surface area contributed by atoms with Gasteiger partial charge in [0.05, 0.1) is 9.99 Å². The third-order valence-electron chi connectivity index (χ3n) is 1.80. The number of nitrogens with one attached hydrogen (secondary N) is 1. The first kappa shape index (κ1) is 8.78. The van der Waals surface area contributed by atoms with Crippen LogP contribution in [0.15, 0.2) is 33.7 Å². The number of H-pyrrole nitrogens is 1. The Morgan fingerprint density at radius 1 is 1.38 bits per heavy atom. The number of aromatic nitrogens is 1. The van der Waals surface area contributed by atoms with Crippen molar-refractivity contribution in [1.29, 1.82) is 0 Å². The van der Waals surface area contributed by atoms with E-state index in [1.807, 2.05) is 0 Å². The molecule has 0 spiro atoms. The Hall–Kier alpha value is -0.800. The fraction of sp³-hybridized carbons (Fsp3) is 0. The van der Waals surface area contributed by atoms with Gasteiger partial charge in [-0.05, 0) is 34.1 Å². The molecular weight excluding hydrogens is 253 g/mol. The molecule has 0 atom stereocenters. The standard InChI is InChI=1S/C9H5BrClNO/c10-7-4-12-8-3-5(11)1-2-6(8)9(7)13/h1-4H,(H,12,13). The van der Waals surface area contributed by atoms with Crippen molar-refractivity contribution in [3.05, 3.63) is 44.1 Å². The van der Waals surface area contributed by atoms with Crippen molar-refractivity contribution in [3.8, 4) is 0 Å². The van der Waals surface area contributed by atoms with Gasteiger partial charge >= 0.3 is 0 Å². The molecule has 1 N–H and O–H groups in total. The number of hydrogen-bond acceptors (Lipinski definition) is 1. The molecule has 0 radical (unpaired) electrons. The molecule has 2 nitrogen and oxygen atoms in total. The van der Waals surface area contributed by atoms with E-state index in [1.165, 1.54) is 0 Å². The summed E-state index contributed by atoms with van der Waals surface area (Å²) in [5, 5.41) is 1.25. The average molecular weight is 259 g/mol. The highest BCUT2D eigenvalue weighted by Crippen LogP contribution is 2.16. The number of hydrogen-bond donors (Lipinski definition) is 1. The van der Waals surface area contributed by atoms with Gasteiger partial charge in [-0.1, -0.05) is 11.6 Å². The maximum Gasteiger partial charge on any atom is 0.203 e. The summed E-state index contributed by atoms with van der Waals surface area (Å²) >= 11 is 8.94. The van der Waals surface area contributed by atoms with Gasteiger partial charge in [-0.15, -0.1) is 0 Å². The average Bonchev–Trinajstić information content (AvgIpc) is 2.12. The molecule has 4 heteroatoms. The van der Waals surface area contributed by atoms with Crippen LogP contribution in [0.4, 0.5) is 0 Å². The van der Waals surface area contributed by atoms with Crippen LogP contribution in [0.2, 0.25) is 5.02 Å². The minimum Gasteiger partial charge on any atom is -0.360 e. The predicted octanol–water partition coefficient (Wildman–Crippen LogP) is 2.94. The normalized spacial score (nSPS) is 10.6. The second kappa shape index (κ2) is 3.16. The largest absolute Gasteiger partial charge is 0.360 e. The fourth-order valence-electron chi connectivity index (χ4n) is 1.17. The van der Waals surface area contributed by atoms with Gasteiger partial charge < -0.3 is 4.98 Å². The number of rotatable bonds is 0. The molecule has 2 rings (SSSR count). The van der Waals surface area contributed by atoms with Gasteiger partial charge in [-0.25, -0.2) is 0 Å². The zero-order valence-electron chi connectivity index (χ0n) is 6.47. The van der Waals surface area contributed by atoms with Crippen LogP contribution >= 0.6 is 27.5 Å². The van der Waals surface area contributed by atoms with Crippen LogP contribution in [0, 0.1) is 0 Å². The highest BCUT2D eigenvalue weighted by Gasteiger charge is 2.01. The molecular formula is C9H5BrClNO. The molecule has 1 aromatic carbocycles. The van der Waals surface area contributed by atoms with Gasteiger partial charge in [0.2, 0.25) is 5.43 Å². The Morgan fingerprint density at radius 2 is 2.15 bits per heavy atom. The van der Waals surface area contributed by atoms with Crippen LogP contribution in [0.3, 0.4) is 0 Å². The van der Waals surface area contributed by atoms with Gasteiger partial charge in [-0.3, -0.25) is 4.79 Å². The molecule has 13 heavy (non-hydrogen) atoms. The van der Waals surface area contributed by atoms with Gasteiger partial charge in [0.1, 0.15) is 0 Å². The number of benzene rings is 1.